The van der Waals surface area contributed by atoms with Crippen LogP contribution in [-0.4, -0.2) is 36.5 Å². The SMILES string of the molecule is CC(C)C1CC(N[C@H](C)CO)CCO1. The van der Waals surface area contributed by atoms with Crippen LogP contribution in [0.2, 0.25) is 0 Å². The average Bonchev–Trinajstić information content (AvgIpc) is 2.18. The smallest absolute Gasteiger partial charge is 0.0612 e. The van der Waals surface area contributed by atoms with Crippen LogP contribution in [0.15, 0.2) is 0 Å². The molecule has 3 heteroatoms. The van der Waals surface area contributed by atoms with Crippen LogP contribution >= 0.6 is 0 Å². The van der Waals surface area contributed by atoms with Gasteiger partial charge in [0.25, 0.3) is 0 Å². The molecule has 2 unspecified atom stereocenters. The van der Waals surface area contributed by atoms with Crippen LogP contribution in [0.5, 0.6) is 0 Å². The summed E-state index contributed by atoms with van der Waals surface area (Å²) in [7, 11) is 0. The molecule has 1 rings (SSSR count). The molecule has 0 aromatic heterocycles. The molecule has 1 fully saturated rings. The molecule has 0 spiro atoms. The summed E-state index contributed by atoms with van der Waals surface area (Å²) >= 11 is 0. The van der Waals surface area contributed by atoms with E-state index in [1.54, 1.807) is 0 Å². The number of rotatable bonds is 4. The van der Waals surface area contributed by atoms with Crippen molar-refractivity contribution in [2.45, 2.75) is 51.8 Å². The summed E-state index contributed by atoms with van der Waals surface area (Å²) in [6, 6.07) is 0.712. The molecule has 1 aliphatic heterocycles. The summed E-state index contributed by atoms with van der Waals surface area (Å²) in [6.45, 7) is 7.47. The van der Waals surface area contributed by atoms with Crippen molar-refractivity contribution >= 4 is 0 Å². The molecule has 0 aromatic rings. The first-order valence-electron chi connectivity index (χ1n) is 5.62. The van der Waals surface area contributed by atoms with Crippen molar-refractivity contribution < 1.29 is 9.84 Å². The predicted molar refractivity (Wildman–Crippen MR) is 57.3 cm³/mol. The lowest BCUT2D eigenvalue weighted by Crippen LogP contribution is -2.45. The van der Waals surface area contributed by atoms with Gasteiger partial charge < -0.3 is 15.2 Å². The van der Waals surface area contributed by atoms with Gasteiger partial charge in [0.1, 0.15) is 0 Å². The lowest BCUT2D eigenvalue weighted by molar-refractivity contribution is -0.0265. The Morgan fingerprint density at radius 3 is 2.71 bits per heavy atom. The predicted octanol–water partition coefficient (Wildman–Crippen LogP) is 1.16. The zero-order valence-electron chi connectivity index (χ0n) is 9.49. The number of aliphatic hydroxyl groups excluding tert-OH is 1. The van der Waals surface area contributed by atoms with Crippen LogP contribution in [0.1, 0.15) is 33.6 Å². The maximum absolute atomic E-state index is 8.95. The Kier molecular flexibility index (Phi) is 4.85. The van der Waals surface area contributed by atoms with Gasteiger partial charge in [0.15, 0.2) is 0 Å². The molecule has 0 saturated carbocycles. The Morgan fingerprint density at radius 2 is 2.14 bits per heavy atom. The van der Waals surface area contributed by atoms with Gasteiger partial charge in [-0.05, 0) is 25.7 Å². The van der Waals surface area contributed by atoms with E-state index in [4.69, 9.17) is 9.84 Å². The highest BCUT2D eigenvalue weighted by Crippen LogP contribution is 2.20. The Bertz CT molecular complexity index is 161. The number of hydrogen-bond donors (Lipinski definition) is 2. The Labute approximate surface area is 86.8 Å². The lowest BCUT2D eigenvalue weighted by atomic mass is 9.95. The molecule has 84 valence electrons. The number of hydrogen-bond acceptors (Lipinski definition) is 3. The summed E-state index contributed by atoms with van der Waals surface area (Å²) < 4.78 is 5.68. The molecule has 0 amide bonds. The fourth-order valence-corrected chi connectivity index (χ4v) is 1.90. The molecular weight excluding hydrogens is 178 g/mol. The second kappa shape index (κ2) is 5.69. The van der Waals surface area contributed by atoms with E-state index in [0.29, 0.717) is 18.1 Å². The monoisotopic (exact) mass is 201 g/mol. The summed E-state index contributed by atoms with van der Waals surface area (Å²) in [5.41, 5.74) is 0. The second-order valence-electron chi connectivity index (χ2n) is 4.62. The van der Waals surface area contributed by atoms with E-state index >= 15 is 0 Å². The quantitative estimate of drug-likeness (QED) is 0.717. The van der Waals surface area contributed by atoms with Crippen molar-refractivity contribution in [2.24, 2.45) is 5.92 Å². The molecule has 0 radical (unpaired) electrons. The van der Waals surface area contributed by atoms with Gasteiger partial charge >= 0.3 is 0 Å². The fourth-order valence-electron chi connectivity index (χ4n) is 1.90. The standard InChI is InChI=1S/C11H23NO2/c1-8(2)11-6-10(4-5-14-11)12-9(3)7-13/h8-13H,4-7H2,1-3H3/t9-,10?,11?/m1/s1. The van der Waals surface area contributed by atoms with Crippen LogP contribution in [0, 0.1) is 5.92 Å². The first kappa shape index (κ1) is 12.0. The van der Waals surface area contributed by atoms with Crippen LogP contribution in [-0.2, 0) is 4.74 Å². The molecule has 0 aromatic carbocycles. The minimum Gasteiger partial charge on any atom is -0.395 e. The molecule has 2 N–H and O–H groups in total. The van der Waals surface area contributed by atoms with Crippen molar-refractivity contribution in [1.29, 1.82) is 0 Å². The van der Waals surface area contributed by atoms with E-state index in [1.165, 1.54) is 0 Å². The first-order chi connectivity index (χ1) is 6.63. The van der Waals surface area contributed by atoms with Crippen LogP contribution in [0.25, 0.3) is 0 Å². The molecule has 3 nitrogen and oxygen atoms in total. The molecule has 14 heavy (non-hydrogen) atoms. The van der Waals surface area contributed by atoms with Gasteiger partial charge in [0.05, 0.1) is 12.7 Å². The first-order valence-corrected chi connectivity index (χ1v) is 5.62. The maximum Gasteiger partial charge on any atom is 0.0612 e. The lowest BCUT2D eigenvalue weighted by Gasteiger charge is -2.33. The Morgan fingerprint density at radius 1 is 1.43 bits per heavy atom. The zero-order chi connectivity index (χ0) is 10.6. The van der Waals surface area contributed by atoms with Gasteiger partial charge in [0, 0.05) is 18.7 Å². The summed E-state index contributed by atoms with van der Waals surface area (Å²) in [5.74, 6) is 0.587. The van der Waals surface area contributed by atoms with E-state index < -0.39 is 0 Å². The number of ether oxygens (including phenoxy) is 1. The maximum atomic E-state index is 8.95. The third-order valence-corrected chi connectivity index (χ3v) is 2.85. The highest BCUT2D eigenvalue weighted by Gasteiger charge is 2.25. The topological polar surface area (TPSA) is 41.5 Å². The van der Waals surface area contributed by atoms with Crippen molar-refractivity contribution in [3.63, 3.8) is 0 Å². The minimum absolute atomic E-state index is 0.200. The van der Waals surface area contributed by atoms with Crippen LogP contribution in [0.3, 0.4) is 0 Å². The molecule has 1 saturated heterocycles. The molecular formula is C11H23NO2. The molecule has 1 heterocycles. The van der Waals surface area contributed by atoms with Gasteiger partial charge in [-0.2, -0.15) is 0 Å². The molecule has 1 aliphatic rings. The van der Waals surface area contributed by atoms with Crippen LogP contribution < -0.4 is 5.32 Å². The van der Waals surface area contributed by atoms with Crippen LogP contribution in [0.4, 0.5) is 0 Å². The third kappa shape index (κ3) is 3.56. The van der Waals surface area contributed by atoms with Crippen molar-refractivity contribution in [2.75, 3.05) is 13.2 Å². The third-order valence-electron chi connectivity index (χ3n) is 2.85. The van der Waals surface area contributed by atoms with E-state index in [9.17, 15) is 0 Å². The van der Waals surface area contributed by atoms with Gasteiger partial charge in [-0.25, -0.2) is 0 Å². The van der Waals surface area contributed by atoms with E-state index in [1.807, 2.05) is 6.92 Å². The zero-order valence-corrected chi connectivity index (χ0v) is 9.49. The van der Waals surface area contributed by atoms with Gasteiger partial charge in [-0.1, -0.05) is 13.8 Å². The van der Waals surface area contributed by atoms with Gasteiger partial charge in [-0.3, -0.25) is 0 Å². The Hall–Kier alpha value is -0.120. The number of nitrogens with one attached hydrogen (secondary N) is 1. The summed E-state index contributed by atoms with van der Waals surface area (Å²) in [4.78, 5) is 0. The molecule has 0 bridgehead atoms. The highest BCUT2D eigenvalue weighted by molar-refractivity contribution is 4.80. The van der Waals surface area contributed by atoms with Gasteiger partial charge in [0.2, 0.25) is 0 Å². The summed E-state index contributed by atoms with van der Waals surface area (Å²) in [5, 5.41) is 12.4. The number of aliphatic hydroxyl groups is 1. The van der Waals surface area contributed by atoms with Gasteiger partial charge in [-0.15, -0.1) is 0 Å². The van der Waals surface area contributed by atoms with E-state index in [0.717, 1.165) is 19.4 Å². The second-order valence-corrected chi connectivity index (χ2v) is 4.62. The minimum atomic E-state index is 0.200. The van der Waals surface area contributed by atoms with Crippen molar-refractivity contribution in [3.8, 4) is 0 Å². The van der Waals surface area contributed by atoms with E-state index in [2.05, 4.69) is 19.2 Å². The summed E-state index contributed by atoms with van der Waals surface area (Å²) in [6.07, 6.45) is 2.52. The molecule has 0 aliphatic carbocycles. The van der Waals surface area contributed by atoms with Crippen molar-refractivity contribution in [3.05, 3.63) is 0 Å². The highest BCUT2D eigenvalue weighted by atomic mass is 16.5. The van der Waals surface area contributed by atoms with E-state index in [-0.39, 0.29) is 12.6 Å². The molecule has 3 atom stereocenters. The normalized spacial score (nSPS) is 30.6. The fraction of sp³-hybridized carbons (Fsp3) is 1.00. The Balaban J connectivity index is 2.32. The van der Waals surface area contributed by atoms with Crippen molar-refractivity contribution in [1.82, 2.24) is 5.32 Å². The average molecular weight is 201 g/mol. The largest absolute Gasteiger partial charge is 0.395 e.